The lowest BCUT2D eigenvalue weighted by molar-refractivity contribution is -0.00576. The predicted molar refractivity (Wildman–Crippen MR) is 69.3 cm³/mol. The third-order valence-electron chi connectivity index (χ3n) is 2.93. The molecule has 1 atom stereocenters. The van der Waals surface area contributed by atoms with Crippen LogP contribution in [0, 0.1) is 11.3 Å². The largest absolute Gasteiger partial charge is 0.444 e. The first-order valence-corrected chi connectivity index (χ1v) is 6.26. The molecule has 0 saturated carbocycles. The number of rotatable bonds is 1. The van der Waals surface area contributed by atoms with Crippen LogP contribution in [0.5, 0.6) is 0 Å². The molecule has 19 heavy (non-hydrogen) atoms. The number of aromatic nitrogens is 1. The molecule has 5 nitrogen and oxygen atoms in total. The number of carbonyl (C=O) groups excluding carboxylic acids is 1. The zero-order valence-corrected chi connectivity index (χ0v) is 11.4. The van der Waals surface area contributed by atoms with Crippen molar-refractivity contribution in [2.45, 2.75) is 38.8 Å². The molecule has 1 amide bonds. The van der Waals surface area contributed by atoms with Crippen molar-refractivity contribution in [3.8, 4) is 6.07 Å². The number of carbonyl (C=O) groups is 1. The van der Waals surface area contributed by atoms with Gasteiger partial charge in [0.1, 0.15) is 17.4 Å². The molecule has 0 N–H and O–H groups in total. The van der Waals surface area contributed by atoms with Crippen molar-refractivity contribution in [2.75, 3.05) is 6.54 Å². The van der Waals surface area contributed by atoms with Gasteiger partial charge >= 0.3 is 6.09 Å². The summed E-state index contributed by atoms with van der Waals surface area (Å²) in [6.07, 6.45) is 2.17. The highest BCUT2D eigenvalue weighted by atomic mass is 16.6. The van der Waals surface area contributed by atoms with E-state index < -0.39 is 5.60 Å². The molecule has 1 unspecified atom stereocenters. The average molecular weight is 259 g/mol. The lowest BCUT2D eigenvalue weighted by atomic mass is 9.95. The van der Waals surface area contributed by atoms with Crippen LogP contribution >= 0.6 is 0 Å². The van der Waals surface area contributed by atoms with Crippen molar-refractivity contribution < 1.29 is 9.53 Å². The second-order valence-electron chi connectivity index (χ2n) is 5.56. The molecule has 0 aliphatic carbocycles. The number of ether oxygens (including phenoxy) is 1. The van der Waals surface area contributed by atoms with Gasteiger partial charge in [-0.2, -0.15) is 5.26 Å². The molecule has 0 bridgehead atoms. The summed E-state index contributed by atoms with van der Waals surface area (Å²) in [5.41, 5.74) is 0.810. The van der Waals surface area contributed by atoms with Gasteiger partial charge in [0.25, 0.3) is 0 Å². The molecule has 5 heteroatoms. The van der Waals surface area contributed by atoms with E-state index in [0.717, 1.165) is 12.0 Å². The normalized spacial score (nSPS) is 18.4. The summed E-state index contributed by atoms with van der Waals surface area (Å²) in [4.78, 5) is 17.6. The van der Waals surface area contributed by atoms with Gasteiger partial charge in [0.05, 0.1) is 6.04 Å². The third-order valence-corrected chi connectivity index (χ3v) is 2.93. The van der Waals surface area contributed by atoms with Crippen LogP contribution in [0.3, 0.4) is 0 Å². The Hall–Kier alpha value is -2.09. The quantitative estimate of drug-likeness (QED) is 0.777. The molecule has 0 spiro atoms. The molecule has 1 aromatic rings. The van der Waals surface area contributed by atoms with Crippen molar-refractivity contribution >= 4 is 6.09 Å². The number of nitrogens with zero attached hydrogens (tertiary/aromatic N) is 3. The molecule has 0 aromatic carbocycles. The van der Waals surface area contributed by atoms with Crippen LogP contribution in [0.1, 0.15) is 44.5 Å². The van der Waals surface area contributed by atoms with E-state index in [4.69, 9.17) is 10.00 Å². The summed E-state index contributed by atoms with van der Waals surface area (Å²) in [5, 5.41) is 8.84. The van der Waals surface area contributed by atoms with E-state index >= 15 is 0 Å². The van der Waals surface area contributed by atoms with Gasteiger partial charge in [-0.05, 0) is 44.9 Å². The molecule has 1 saturated heterocycles. The van der Waals surface area contributed by atoms with E-state index in [-0.39, 0.29) is 12.1 Å². The molecular formula is C14H17N3O2. The van der Waals surface area contributed by atoms with E-state index in [9.17, 15) is 4.79 Å². The van der Waals surface area contributed by atoms with E-state index in [1.807, 2.05) is 32.9 Å². The van der Waals surface area contributed by atoms with Crippen molar-refractivity contribution in [3.63, 3.8) is 0 Å². The number of hydrogen-bond donors (Lipinski definition) is 0. The Morgan fingerprint density at radius 2 is 2.32 bits per heavy atom. The number of pyridine rings is 1. The van der Waals surface area contributed by atoms with Crippen LogP contribution in [0.25, 0.3) is 0 Å². The monoisotopic (exact) mass is 259 g/mol. The van der Waals surface area contributed by atoms with Crippen molar-refractivity contribution in [1.29, 1.82) is 5.26 Å². The van der Waals surface area contributed by atoms with Gasteiger partial charge in [0, 0.05) is 12.7 Å². The van der Waals surface area contributed by atoms with E-state index in [0.29, 0.717) is 12.2 Å². The Morgan fingerprint density at radius 3 is 2.84 bits per heavy atom. The fraction of sp³-hybridized carbons (Fsp3) is 0.500. The molecule has 1 aromatic heterocycles. The molecule has 1 fully saturated rings. The smallest absolute Gasteiger partial charge is 0.410 e. The van der Waals surface area contributed by atoms with Crippen LogP contribution < -0.4 is 0 Å². The average Bonchev–Trinajstić information content (AvgIpc) is 2.25. The number of amides is 1. The van der Waals surface area contributed by atoms with E-state index in [1.54, 1.807) is 17.2 Å². The summed E-state index contributed by atoms with van der Waals surface area (Å²) in [6.45, 7) is 6.23. The molecule has 0 radical (unpaired) electrons. The van der Waals surface area contributed by atoms with Crippen LogP contribution in [-0.2, 0) is 4.74 Å². The van der Waals surface area contributed by atoms with Crippen molar-refractivity contribution in [3.05, 3.63) is 29.6 Å². The number of nitriles is 1. The van der Waals surface area contributed by atoms with Gasteiger partial charge in [-0.25, -0.2) is 9.78 Å². The molecule has 2 heterocycles. The Bertz CT molecular complexity index is 528. The standard InChI is InChI=1S/C14H17N3O2/c1-14(2,3)19-13(18)17-7-5-12(17)10-4-6-16-11(8-10)9-15/h4,6,8,12H,5,7H2,1-3H3. The SMILES string of the molecule is CC(C)(C)OC(=O)N1CCC1c1ccnc(C#N)c1. The molecule has 1 aliphatic rings. The summed E-state index contributed by atoms with van der Waals surface area (Å²) < 4.78 is 5.36. The minimum Gasteiger partial charge on any atom is -0.444 e. The maximum Gasteiger partial charge on any atom is 0.410 e. The Labute approximate surface area is 112 Å². The Balaban J connectivity index is 2.10. The van der Waals surface area contributed by atoms with Crippen LogP contribution in [-0.4, -0.2) is 28.1 Å². The fourth-order valence-electron chi connectivity index (χ4n) is 1.99. The van der Waals surface area contributed by atoms with Gasteiger partial charge in [-0.1, -0.05) is 0 Å². The maximum atomic E-state index is 12.0. The van der Waals surface area contributed by atoms with Crippen LogP contribution in [0.15, 0.2) is 18.3 Å². The Morgan fingerprint density at radius 1 is 1.58 bits per heavy atom. The Kier molecular flexibility index (Phi) is 3.43. The molecular weight excluding hydrogens is 242 g/mol. The first kappa shape index (κ1) is 13.3. The third kappa shape index (κ3) is 3.02. The first-order chi connectivity index (χ1) is 8.90. The van der Waals surface area contributed by atoms with Gasteiger partial charge in [-0.15, -0.1) is 0 Å². The van der Waals surface area contributed by atoms with E-state index in [1.165, 1.54) is 0 Å². The van der Waals surface area contributed by atoms with E-state index in [2.05, 4.69) is 4.98 Å². The minimum atomic E-state index is -0.493. The summed E-state index contributed by atoms with van der Waals surface area (Å²) >= 11 is 0. The van der Waals surface area contributed by atoms with Crippen molar-refractivity contribution in [1.82, 2.24) is 9.88 Å². The van der Waals surface area contributed by atoms with Gasteiger partial charge in [0.15, 0.2) is 0 Å². The zero-order chi connectivity index (χ0) is 14.0. The van der Waals surface area contributed by atoms with Crippen LogP contribution in [0.2, 0.25) is 0 Å². The highest BCUT2D eigenvalue weighted by molar-refractivity contribution is 5.70. The van der Waals surface area contributed by atoms with Crippen LogP contribution in [0.4, 0.5) is 4.79 Å². The lowest BCUT2D eigenvalue weighted by Gasteiger charge is -2.41. The molecule has 100 valence electrons. The number of hydrogen-bond acceptors (Lipinski definition) is 4. The first-order valence-electron chi connectivity index (χ1n) is 6.26. The van der Waals surface area contributed by atoms with Gasteiger partial charge < -0.3 is 9.64 Å². The second kappa shape index (κ2) is 4.88. The predicted octanol–water partition coefficient (Wildman–Crippen LogP) is 2.64. The lowest BCUT2D eigenvalue weighted by Crippen LogP contribution is -2.47. The summed E-state index contributed by atoms with van der Waals surface area (Å²) in [7, 11) is 0. The highest BCUT2D eigenvalue weighted by Crippen LogP contribution is 2.34. The maximum absolute atomic E-state index is 12.0. The van der Waals surface area contributed by atoms with Gasteiger partial charge in [-0.3, -0.25) is 0 Å². The second-order valence-corrected chi connectivity index (χ2v) is 5.56. The topological polar surface area (TPSA) is 66.2 Å². The molecule has 2 rings (SSSR count). The summed E-state index contributed by atoms with van der Waals surface area (Å²) in [5.74, 6) is 0. The minimum absolute atomic E-state index is 0.00931. The fourth-order valence-corrected chi connectivity index (χ4v) is 1.99. The zero-order valence-electron chi connectivity index (χ0n) is 11.4. The number of likely N-dealkylation sites (tertiary alicyclic amines) is 1. The van der Waals surface area contributed by atoms with Crippen molar-refractivity contribution in [2.24, 2.45) is 0 Å². The van der Waals surface area contributed by atoms with Gasteiger partial charge in [0.2, 0.25) is 0 Å². The highest BCUT2D eigenvalue weighted by Gasteiger charge is 2.36. The summed E-state index contributed by atoms with van der Waals surface area (Å²) in [6, 6.07) is 5.56. The molecule has 1 aliphatic heterocycles.